The number of anilines is 1. The van der Waals surface area contributed by atoms with Crippen molar-refractivity contribution in [3.8, 4) is 0 Å². The van der Waals surface area contributed by atoms with E-state index in [1.165, 1.54) is 24.2 Å². The molecule has 106 valence electrons. The summed E-state index contributed by atoms with van der Waals surface area (Å²) < 4.78 is 24.4. The van der Waals surface area contributed by atoms with E-state index in [9.17, 15) is 13.2 Å². The molecular formula is C11H17N3O3S2. The second kappa shape index (κ2) is 5.87. The van der Waals surface area contributed by atoms with Crippen molar-refractivity contribution in [2.24, 2.45) is 0 Å². The molecule has 0 aromatic carbocycles. The Morgan fingerprint density at radius 1 is 1.47 bits per heavy atom. The van der Waals surface area contributed by atoms with E-state index < -0.39 is 10.0 Å². The van der Waals surface area contributed by atoms with Crippen LogP contribution in [0.15, 0.2) is 5.38 Å². The predicted octanol–water partition coefficient (Wildman–Crippen LogP) is 1.12. The summed E-state index contributed by atoms with van der Waals surface area (Å²) >= 11 is 1.18. The van der Waals surface area contributed by atoms with Gasteiger partial charge in [-0.2, -0.15) is 0 Å². The Balaban J connectivity index is 1.87. The first-order valence-corrected chi connectivity index (χ1v) is 8.91. The predicted molar refractivity (Wildman–Crippen MR) is 74.7 cm³/mol. The van der Waals surface area contributed by atoms with Crippen molar-refractivity contribution in [3.05, 3.63) is 11.1 Å². The molecule has 6 nitrogen and oxygen atoms in total. The maximum absolute atomic E-state index is 11.8. The highest BCUT2D eigenvalue weighted by atomic mass is 32.2. The van der Waals surface area contributed by atoms with Crippen LogP contribution in [0.25, 0.3) is 0 Å². The minimum absolute atomic E-state index is 0.0527. The van der Waals surface area contributed by atoms with E-state index in [0.717, 1.165) is 19.1 Å². The topological polar surface area (TPSA) is 88.2 Å². The number of carbonyl (C=O) groups is 1. The molecule has 1 aromatic rings. The lowest BCUT2D eigenvalue weighted by Crippen LogP contribution is -2.33. The van der Waals surface area contributed by atoms with E-state index in [1.54, 1.807) is 5.38 Å². The Bertz CT molecular complexity index is 547. The maximum atomic E-state index is 11.8. The summed E-state index contributed by atoms with van der Waals surface area (Å²) in [4.78, 5) is 15.9. The number of amides is 1. The Morgan fingerprint density at radius 3 is 2.79 bits per heavy atom. The van der Waals surface area contributed by atoms with Gasteiger partial charge in [-0.15, -0.1) is 11.3 Å². The van der Waals surface area contributed by atoms with E-state index >= 15 is 0 Å². The number of thiazole rings is 1. The highest BCUT2D eigenvalue weighted by Crippen LogP contribution is 2.19. The quantitative estimate of drug-likeness (QED) is 0.853. The van der Waals surface area contributed by atoms with Gasteiger partial charge < -0.3 is 5.32 Å². The molecule has 1 heterocycles. The third kappa shape index (κ3) is 4.79. The number of hydrogen-bond donors (Lipinski definition) is 2. The van der Waals surface area contributed by atoms with Crippen molar-refractivity contribution in [2.45, 2.75) is 38.1 Å². The minimum atomic E-state index is -3.31. The monoisotopic (exact) mass is 303 g/mol. The molecule has 2 rings (SSSR count). The fourth-order valence-corrected chi connectivity index (χ4v) is 3.67. The van der Waals surface area contributed by atoms with Gasteiger partial charge in [-0.3, -0.25) is 9.52 Å². The summed E-state index contributed by atoms with van der Waals surface area (Å²) in [6.45, 7) is 0. The molecule has 1 aliphatic rings. The minimum Gasteiger partial charge on any atom is -0.353 e. The molecular weight excluding hydrogens is 286 g/mol. The van der Waals surface area contributed by atoms with Crippen molar-refractivity contribution in [1.82, 2.24) is 10.3 Å². The Hall–Kier alpha value is -1.15. The van der Waals surface area contributed by atoms with Crippen molar-refractivity contribution in [3.63, 3.8) is 0 Å². The van der Waals surface area contributed by atoms with Crippen LogP contribution >= 0.6 is 11.3 Å². The fraction of sp³-hybridized carbons (Fsp3) is 0.636. The Labute approximate surface area is 116 Å². The SMILES string of the molecule is CS(=O)(=O)Nc1nc(CC(=O)NC2CCCC2)cs1. The molecule has 0 atom stereocenters. The zero-order chi connectivity index (χ0) is 13.9. The summed E-state index contributed by atoms with van der Waals surface area (Å²) in [5.41, 5.74) is 0.589. The third-order valence-corrected chi connectivity index (χ3v) is 4.39. The van der Waals surface area contributed by atoms with Crippen LogP contribution in [0.1, 0.15) is 31.4 Å². The molecule has 1 amide bonds. The lowest BCUT2D eigenvalue weighted by atomic mass is 10.2. The molecule has 1 fully saturated rings. The maximum Gasteiger partial charge on any atom is 0.231 e. The highest BCUT2D eigenvalue weighted by Gasteiger charge is 2.18. The summed E-state index contributed by atoms with van der Waals surface area (Å²) in [5.74, 6) is -0.0527. The average molecular weight is 303 g/mol. The van der Waals surface area contributed by atoms with Crippen LogP contribution in [-0.4, -0.2) is 31.6 Å². The standard InChI is InChI=1S/C11H17N3O3S2/c1-19(16,17)14-11-13-9(7-18-11)6-10(15)12-8-4-2-3-5-8/h7-8H,2-6H2,1H3,(H,12,15)(H,13,14). The zero-order valence-electron chi connectivity index (χ0n) is 10.7. The molecule has 0 aliphatic heterocycles. The molecule has 0 unspecified atom stereocenters. The van der Waals surface area contributed by atoms with E-state index in [4.69, 9.17) is 0 Å². The normalized spacial score (nSPS) is 16.5. The molecule has 0 spiro atoms. The van der Waals surface area contributed by atoms with Gasteiger partial charge in [0.15, 0.2) is 5.13 Å². The van der Waals surface area contributed by atoms with Crippen LogP contribution in [0, 0.1) is 0 Å². The second-order valence-electron chi connectivity index (χ2n) is 4.74. The van der Waals surface area contributed by atoms with Gasteiger partial charge in [-0.25, -0.2) is 13.4 Å². The molecule has 0 saturated heterocycles. The second-order valence-corrected chi connectivity index (χ2v) is 7.35. The van der Waals surface area contributed by atoms with Gasteiger partial charge in [0.25, 0.3) is 0 Å². The van der Waals surface area contributed by atoms with Gasteiger partial charge in [0.2, 0.25) is 15.9 Å². The summed E-state index contributed by atoms with van der Waals surface area (Å²) in [7, 11) is -3.31. The van der Waals surface area contributed by atoms with Crippen molar-refractivity contribution in [2.75, 3.05) is 11.0 Å². The lowest BCUT2D eigenvalue weighted by Gasteiger charge is -2.10. The highest BCUT2D eigenvalue weighted by molar-refractivity contribution is 7.92. The number of sulfonamides is 1. The van der Waals surface area contributed by atoms with E-state index in [1.807, 2.05) is 0 Å². The third-order valence-electron chi connectivity index (χ3n) is 2.89. The van der Waals surface area contributed by atoms with Gasteiger partial charge in [-0.05, 0) is 12.8 Å². The smallest absolute Gasteiger partial charge is 0.231 e. The molecule has 1 aromatic heterocycles. The lowest BCUT2D eigenvalue weighted by molar-refractivity contribution is -0.121. The average Bonchev–Trinajstić information content (AvgIpc) is 2.88. The van der Waals surface area contributed by atoms with Crippen LogP contribution in [-0.2, 0) is 21.2 Å². The first-order chi connectivity index (χ1) is 8.92. The molecule has 8 heteroatoms. The van der Waals surface area contributed by atoms with Crippen LogP contribution in [0.3, 0.4) is 0 Å². The fourth-order valence-electron chi connectivity index (χ4n) is 2.11. The number of hydrogen-bond acceptors (Lipinski definition) is 5. The van der Waals surface area contributed by atoms with E-state index in [2.05, 4.69) is 15.0 Å². The van der Waals surface area contributed by atoms with Gasteiger partial charge >= 0.3 is 0 Å². The number of nitrogens with one attached hydrogen (secondary N) is 2. The van der Waals surface area contributed by atoms with Crippen LogP contribution < -0.4 is 10.0 Å². The van der Waals surface area contributed by atoms with Crippen molar-refractivity contribution >= 4 is 32.4 Å². The van der Waals surface area contributed by atoms with Crippen LogP contribution in [0.2, 0.25) is 0 Å². The van der Waals surface area contributed by atoms with Gasteiger partial charge in [0.1, 0.15) is 0 Å². The molecule has 19 heavy (non-hydrogen) atoms. The molecule has 0 bridgehead atoms. The molecule has 1 saturated carbocycles. The van der Waals surface area contributed by atoms with E-state index in [-0.39, 0.29) is 12.3 Å². The van der Waals surface area contributed by atoms with Crippen LogP contribution in [0.5, 0.6) is 0 Å². The van der Waals surface area contributed by atoms with Crippen LogP contribution in [0.4, 0.5) is 5.13 Å². The summed E-state index contributed by atoms with van der Waals surface area (Å²) in [5, 5.41) is 4.97. The zero-order valence-corrected chi connectivity index (χ0v) is 12.3. The number of nitrogens with zero attached hydrogens (tertiary/aromatic N) is 1. The van der Waals surface area contributed by atoms with Gasteiger partial charge in [0, 0.05) is 11.4 Å². The molecule has 1 aliphatic carbocycles. The molecule has 0 radical (unpaired) electrons. The van der Waals surface area contributed by atoms with Crippen molar-refractivity contribution in [1.29, 1.82) is 0 Å². The van der Waals surface area contributed by atoms with Gasteiger partial charge in [0.05, 0.1) is 18.4 Å². The van der Waals surface area contributed by atoms with Crippen molar-refractivity contribution < 1.29 is 13.2 Å². The summed E-state index contributed by atoms with van der Waals surface area (Å²) in [6.07, 6.45) is 5.70. The number of carbonyl (C=O) groups excluding carboxylic acids is 1. The van der Waals surface area contributed by atoms with Gasteiger partial charge in [-0.1, -0.05) is 12.8 Å². The first-order valence-electron chi connectivity index (χ1n) is 6.14. The first kappa shape index (κ1) is 14.3. The van der Waals surface area contributed by atoms with E-state index in [0.29, 0.717) is 16.9 Å². The Kier molecular flexibility index (Phi) is 4.41. The molecule has 2 N–H and O–H groups in total. The largest absolute Gasteiger partial charge is 0.353 e. The summed E-state index contributed by atoms with van der Waals surface area (Å²) in [6, 6.07) is 0.291. The number of rotatable bonds is 5. The number of aromatic nitrogens is 1. The Morgan fingerprint density at radius 2 is 2.16 bits per heavy atom.